The second-order valence-electron chi connectivity index (χ2n) is 6.14. The van der Waals surface area contributed by atoms with Crippen LogP contribution >= 0.6 is 0 Å². The van der Waals surface area contributed by atoms with Crippen LogP contribution in [0.25, 0.3) is 0 Å². The van der Waals surface area contributed by atoms with Crippen LogP contribution in [0.3, 0.4) is 0 Å². The summed E-state index contributed by atoms with van der Waals surface area (Å²) >= 11 is 0. The number of amides is 1. The molecule has 0 radical (unpaired) electrons. The molecule has 1 amide bonds. The lowest BCUT2D eigenvalue weighted by atomic mass is 10.2. The fourth-order valence-corrected chi connectivity index (χ4v) is 3.90. The van der Waals surface area contributed by atoms with Crippen LogP contribution < -0.4 is 14.4 Å². The molecule has 1 N–H and O–H groups in total. The Morgan fingerprint density at radius 3 is 2.41 bits per heavy atom. The Hall–Kier alpha value is -2.88. The molecule has 1 saturated heterocycles. The maximum Gasteiger partial charge on any atom is 0.263 e. The van der Waals surface area contributed by atoms with Gasteiger partial charge in [-0.15, -0.1) is 10.2 Å². The lowest BCUT2D eigenvalue weighted by molar-refractivity contribution is -0.118. The van der Waals surface area contributed by atoms with Gasteiger partial charge in [-0.2, -0.15) is 0 Å². The molecule has 0 bridgehead atoms. The highest BCUT2D eigenvalue weighted by atomic mass is 32.2. The Morgan fingerprint density at radius 2 is 1.85 bits per heavy atom. The normalized spacial score (nSPS) is 14.7. The van der Waals surface area contributed by atoms with Crippen molar-refractivity contribution in [3.05, 3.63) is 35.9 Å². The van der Waals surface area contributed by atoms with E-state index >= 15 is 0 Å². The van der Waals surface area contributed by atoms with Gasteiger partial charge in [0.05, 0.1) is 12.0 Å². The van der Waals surface area contributed by atoms with Gasteiger partial charge in [-0.3, -0.25) is 9.52 Å². The van der Waals surface area contributed by atoms with E-state index in [1.165, 1.54) is 19.2 Å². The average molecular weight is 391 g/mol. The van der Waals surface area contributed by atoms with Crippen molar-refractivity contribution in [2.24, 2.45) is 0 Å². The molecule has 0 unspecified atom stereocenters. The molecule has 0 saturated carbocycles. The fourth-order valence-electron chi connectivity index (χ4n) is 2.82. The van der Waals surface area contributed by atoms with Crippen LogP contribution in [-0.2, 0) is 14.8 Å². The molecule has 1 aliphatic rings. The first-order chi connectivity index (χ1) is 12.9. The van der Waals surface area contributed by atoms with Gasteiger partial charge in [-0.05, 0) is 42.8 Å². The predicted octanol–water partition coefficient (Wildman–Crippen LogP) is 0.873. The van der Waals surface area contributed by atoms with Gasteiger partial charge in [0, 0.05) is 26.2 Å². The second-order valence-corrected chi connectivity index (χ2v) is 7.82. The number of aryl methyl sites for hydroxylation is 1. The third-order valence-corrected chi connectivity index (χ3v) is 5.71. The minimum absolute atomic E-state index is 0.122. The van der Waals surface area contributed by atoms with Crippen molar-refractivity contribution in [2.75, 3.05) is 42.9 Å². The summed E-state index contributed by atoms with van der Waals surface area (Å²) in [4.78, 5) is 14.6. The quantitative estimate of drug-likeness (QED) is 0.729. The van der Waals surface area contributed by atoms with Gasteiger partial charge in [0.15, 0.2) is 11.6 Å². The smallest absolute Gasteiger partial charge is 0.263 e. The third-order valence-electron chi connectivity index (χ3n) is 4.35. The summed E-state index contributed by atoms with van der Waals surface area (Å²) < 4.78 is 32.7. The molecule has 0 atom stereocenters. The van der Waals surface area contributed by atoms with E-state index < -0.39 is 10.0 Å². The van der Waals surface area contributed by atoms with E-state index in [9.17, 15) is 13.2 Å². The van der Waals surface area contributed by atoms with Crippen molar-refractivity contribution in [3.63, 3.8) is 0 Å². The molecule has 3 rings (SSSR count). The first-order valence-corrected chi connectivity index (χ1v) is 9.87. The van der Waals surface area contributed by atoms with Crippen LogP contribution in [0.15, 0.2) is 35.2 Å². The minimum Gasteiger partial charge on any atom is -0.496 e. The number of methoxy groups -OCH3 is 1. The van der Waals surface area contributed by atoms with Crippen LogP contribution in [0, 0.1) is 6.92 Å². The zero-order chi connectivity index (χ0) is 19.4. The Labute approximate surface area is 158 Å². The maximum absolute atomic E-state index is 12.5. The molecule has 27 heavy (non-hydrogen) atoms. The van der Waals surface area contributed by atoms with E-state index in [0.717, 1.165) is 12.0 Å². The summed E-state index contributed by atoms with van der Waals surface area (Å²) in [7, 11) is -2.24. The molecule has 2 heterocycles. The van der Waals surface area contributed by atoms with Crippen LogP contribution in [0.2, 0.25) is 0 Å². The fraction of sp³-hybridized carbons (Fsp3) is 0.353. The van der Waals surface area contributed by atoms with Crippen molar-refractivity contribution in [2.45, 2.75) is 11.8 Å². The Kier molecular flexibility index (Phi) is 5.45. The van der Waals surface area contributed by atoms with Crippen LogP contribution in [0.1, 0.15) is 5.56 Å². The summed E-state index contributed by atoms with van der Waals surface area (Å²) in [5.74, 6) is 1.40. The molecular weight excluding hydrogens is 370 g/mol. The van der Waals surface area contributed by atoms with Crippen molar-refractivity contribution in [1.29, 1.82) is 0 Å². The molecule has 0 spiro atoms. The summed E-state index contributed by atoms with van der Waals surface area (Å²) in [5, 5.41) is 8.07. The highest BCUT2D eigenvalue weighted by Crippen LogP contribution is 2.23. The van der Waals surface area contributed by atoms with Crippen LogP contribution in [0.4, 0.5) is 11.6 Å². The van der Waals surface area contributed by atoms with Crippen molar-refractivity contribution >= 4 is 28.1 Å². The van der Waals surface area contributed by atoms with E-state index in [-0.39, 0.29) is 10.7 Å². The standard InChI is InChI=1S/C17H21N5O4S/c1-13-11-14(3-4-15(13)26-2)27(24,25)20-16-5-6-17(19-18-16)22-9-7-21(12-23)8-10-22/h3-6,11-12H,7-10H2,1-2H3,(H,18,20). The van der Waals surface area contributed by atoms with Gasteiger partial charge in [0.2, 0.25) is 6.41 Å². The van der Waals surface area contributed by atoms with Crippen molar-refractivity contribution < 1.29 is 17.9 Å². The minimum atomic E-state index is -3.78. The molecular formula is C17H21N5O4S. The van der Waals surface area contributed by atoms with Crippen molar-refractivity contribution in [1.82, 2.24) is 15.1 Å². The highest BCUT2D eigenvalue weighted by molar-refractivity contribution is 7.92. The van der Waals surface area contributed by atoms with Gasteiger partial charge in [0.25, 0.3) is 10.0 Å². The van der Waals surface area contributed by atoms with E-state index in [0.29, 0.717) is 37.7 Å². The molecule has 1 fully saturated rings. The van der Waals surface area contributed by atoms with Gasteiger partial charge >= 0.3 is 0 Å². The summed E-state index contributed by atoms with van der Waals surface area (Å²) in [5.41, 5.74) is 0.719. The first-order valence-electron chi connectivity index (χ1n) is 8.38. The number of ether oxygens (including phenoxy) is 1. The highest BCUT2D eigenvalue weighted by Gasteiger charge is 2.19. The number of carbonyl (C=O) groups excluding carboxylic acids is 1. The monoisotopic (exact) mass is 391 g/mol. The number of hydrogen-bond donors (Lipinski definition) is 1. The number of nitrogens with one attached hydrogen (secondary N) is 1. The topological polar surface area (TPSA) is 105 Å². The number of benzene rings is 1. The third kappa shape index (κ3) is 4.27. The Balaban J connectivity index is 1.70. The molecule has 2 aromatic rings. The zero-order valence-electron chi connectivity index (χ0n) is 15.1. The van der Waals surface area contributed by atoms with Crippen LogP contribution in [0.5, 0.6) is 5.75 Å². The molecule has 0 aliphatic carbocycles. The van der Waals surface area contributed by atoms with E-state index in [4.69, 9.17) is 4.74 Å². The molecule has 1 aromatic heterocycles. The molecule has 1 aliphatic heterocycles. The summed E-state index contributed by atoms with van der Waals surface area (Å²) in [6.07, 6.45) is 0.835. The molecule has 9 nitrogen and oxygen atoms in total. The van der Waals surface area contributed by atoms with E-state index in [2.05, 4.69) is 14.9 Å². The molecule has 1 aromatic carbocycles. The Bertz CT molecular complexity index is 909. The summed E-state index contributed by atoms with van der Waals surface area (Å²) in [6.45, 7) is 4.33. The van der Waals surface area contributed by atoms with E-state index in [1.807, 2.05) is 4.90 Å². The SMILES string of the molecule is COc1ccc(S(=O)(=O)Nc2ccc(N3CCN(C=O)CC3)nn2)cc1C. The van der Waals surface area contributed by atoms with E-state index in [1.54, 1.807) is 30.0 Å². The number of carbonyl (C=O) groups is 1. The number of nitrogens with zero attached hydrogens (tertiary/aromatic N) is 4. The predicted molar refractivity (Wildman–Crippen MR) is 100 cm³/mol. The lowest BCUT2D eigenvalue weighted by Crippen LogP contribution is -2.46. The average Bonchev–Trinajstić information content (AvgIpc) is 2.68. The van der Waals surface area contributed by atoms with Gasteiger partial charge < -0.3 is 14.5 Å². The lowest BCUT2D eigenvalue weighted by Gasteiger charge is -2.32. The number of aromatic nitrogens is 2. The molecule has 144 valence electrons. The van der Waals surface area contributed by atoms with Gasteiger partial charge in [-0.25, -0.2) is 8.42 Å². The van der Waals surface area contributed by atoms with Crippen LogP contribution in [-0.4, -0.2) is 63.2 Å². The number of rotatable bonds is 6. The number of hydrogen-bond acceptors (Lipinski definition) is 7. The second kappa shape index (κ2) is 7.78. The van der Waals surface area contributed by atoms with Gasteiger partial charge in [0.1, 0.15) is 5.75 Å². The first kappa shape index (κ1) is 18.9. The largest absolute Gasteiger partial charge is 0.496 e. The summed E-state index contributed by atoms with van der Waals surface area (Å²) in [6, 6.07) is 7.90. The maximum atomic E-state index is 12.5. The molecule has 10 heteroatoms. The zero-order valence-corrected chi connectivity index (χ0v) is 15.9. The Morgan fingerprint density at radius 1 is 1.11 bits per heavy atom. The number of anilines is 2. The number of sulfonamides is 1. The van der Waals surface area contributed by atoms with Gasteiger partial charge in [-0.1, -0.05) is 0 Å². The van der Waals surface area contributed by atoms with Crippen molar-refractivity contribution in [3.8, 4) is 5.75 Å². The number of piperazine rings is 1.